The number of aromatic nitrogens is 2. The van der Waals surface area contributed by atoms with Crippen LogP contribution in [-0.2, 0) is 0 Å². The van der Waals surface area contributed by atoms with E-state index in [9.17, 15) is 0 Å². The van der Waals surface area contributed by atoms with E-state index in [0.29, 0.717) is 5.92 Å². The highest BCUT2D eigenvalue weighted by atomic mass is 15.3. The monoisotopic (exact) mass is 249 g/mol. The minimum atomic E-state index is 0.216. The number of nitrogens with two attached hydrogens (primary N) is 1. The van der Waals surface area contributed by atoms with Gasteiger partial charge in [0.2, 0.25) is 0 Å². The molecule has 1 aliphatic rings. The van der Waals surface area contributed by atoms with Gasteiger partial charge in [-0.1, -0.05) is 20.8 Å². The Morgan fingerprint density at radius 1 is 1.22 bits per heavy atom. The fourth-order valence-corrected chi connectivity index (χ4v) is 1.72. The van der Waals surface area contributed by atoms with Crippen LogP contribution in [0.15, 0.2) is 0 Å². The van der Waals surface area contributed by atoms with E-state index >= 15 is 0 Å². The van der Waals surface area contributed by atoms with Gasteiger partial charge in [0.25, 0.3) is 0 Å². The first kappa shape index (κ1) is 13.1. The van der Waals surface area contributed by atoms with Gasteiger partial charge >= 0.3 is 0 Å². The number of anilines is 2. The minimum absolute atomic E-state index is 0.216. The zero-order valence-corrected chi connectivity index (χ0v) is 11.7. The average molecular weight is 249 g/mol. The molecule has 0 unspecified atom stereocenters. The predicted octanol–water partition coefficient (Wildman–Crippen LogP) is 2.41. The lowest BCUT2D eigenvalue weighted by molar-refractivity contribution is 0.442. The van der Waals surface area contributed by atoms with Gasteiger partial charge in [0.15, 0.2) is 0 Å². The molecule has 1 heterocycles. The Hall–Kier alpha value is -1.36. The summed E-state index contributed by atoms with van der Waals surface area (Å²) >= 11 is 0. The summed E-state index contributed by atoms with van der Waals surface area (Å²) in [5, 5.41) is 3.40. The maximum absolute atomic E-state index is 5.52. The van der Waals surface area contributed by atoms with E-state index in [4.69, 9.17) is 5.84 Å². The predicted molar refractivity (Wildman–Crippen MR) is 74.5 cm³/mol. The molecular formula is C13H23N5. The van der Waals surface area contributed by atoms with Crippen LogP contribution < -0.4 is 16.6 Å². The van der Waals surface area contributed by atoms with E-state index < -0.39 is 0 Å². The number of hydrogen-bond donors (Lipinski definition) is 3. The van der Waals surface area contributed by atoms with Crippen molar-refractivity contribution in [3.05, 3.63) is 11.4 Å². The molecule has 100 valence electrons. The number of hydrazine groups is 1. The van der Waals surface area contributed by atoms with Crippen LogP contribution in [0.3, 0.4) is 0 Å². The number of rotatable bonds is 4. The molecule has 1 aliphatic carbocycles. The van der Waals surface area contributed by atoms with E-state index in [1.807, 2.05) is 6.92 Å². The summed E-state index contributed by atoms with van der Waals surface area (Å²) < 4.78 is 0. The van der Waals surface area contributed by atoms with Crippen molar-refractivity contribution in [1.29, 1.82) is 0 Å². The topological polar surface area (TPSA) is 75.9 Å². The molecule has 4 N–H and O–H groups in total. The molecule has 1 saturated carbocycles. The van der Waals surface area contributed by atoms with Crippen LogP contribution in [0, 0.1) is 12.3 Å². The fraction of sp³-hybridized carbons (Fsp3) is 0.692. The first-order valence-corrected chi connectivity index (χ1v) is 6.50. The van der Waals surface area contributed by atoms with Crippen molar-refractivity contribution in [3.63, 3.8) is 0 Å². The number of hydrogen-bond acceptors (Lipinski definition) is 5. The zero-order valence-electron chi connectivity index (χ0n) is 11.7. The fourth-order valence-electron chi connectivity index (χ4n) is 1.72. The average Bonchev–Trinajstić information content (AvgIpc) is 3.10. The molecule has 1 fully saturated rings. The lowest BCUT2D eigenvalue weighted by atomic mass is 9.97. The summed E-state index contributed by atoms with van der Waals surface area (Å²) in [6.07, 6.45) is 2.37. The first-order chi connectivity index (χ1) is 8.40. The van der Waals surface area contributed by atoms with E-state index in [-0.39, 0.29) is 5.41 Å². The summed E-state index contributed by atoms with van der Waals surface area (Å²) in [6, 6.07) is 0. The lowest BCUT2D eigenvalue weighted by Crippen LogP contribution is -2.21. The Morgan fingerprint density at radius 3 is 2.33 bits per heavy atom. The van der Waals surface area contributed by atoms with Crippen LogP contribution in [0.5, 0.6) is 0 Å². The number of nitrogens with zero attached hydrogens (tertiary/aromatic N) is 2. The largest absolute Gasteiger partial charge is 0.369 e. The van der Waals surface area contributed by atoms with E-state index in [1.54, 1.807) is 0 Å². The van der Waals surface area contributed by atoms with E-state index in [2.05, 4.69) is 41.5 Å². The second kappa shape index (κ2) is 4.72. The maximum atomic E-state index is 5.52. The van der Waals surface area contributed by atoms with Gasteiger partial charge in [-0.3, -0.25) is 0 Å². The molecule has 2 rings (SSSR count). The summed E-state index contributed by atoms with van der Waals surface area (Å²) in [6.45, 7) is 9.44. The summed E-state index contributed by atoms with van der Waals surface area (Å²) in [7, 11) is 0. The Morgan fingerprint density at radius 2 is 1.83 bits per heavy atom. The summed E-state index contributed by atoms with van der Waals surface area (Å²) in [5.41, 5.74) is 3.86. The molecule has 1 aromatic heterocycles. The van der Waals surface area contributed by atoms with Crippen molar-refractivity contribution in [2.24, 2.45) is 11.3 Å². The second-order valence-corrected chi connectivity index (χ2v) is 6.24. The van der Waals surface area contributed by atoms with Gasteiger partial charge in [-0.15, -0.1) is 0 Å². The van der Waals surface area contributed by atoms with Crippen molar-refractivity contribution in [2.45, 2.75) is 46.5 Å². The van der Waals surface area contributed by atoms with Crippen LogP contribution in [0.2, 0.25) is 0 Å². The van der Waals surface area contributed by atoms with Gasteiger partial charge in [0, 0.05) is 18.0 Å². The molecule has 0 saturated heterocycles. The standard InChI is InChI=1S/C13H23N5/c1-8-10(15-7-13(2,3)4)16-12(9-5-6-9)17-11(8)18-14/h9H,5-7,14H2,1-4H3,(H2,15,16,17,18). The van der Waals surface area contributed by atoms with Crippen molar-refractivity contribution in [1.82, 2.24) is 9.97 Å². The van der Waals surface area contributed by atoms with Gasteiger partial charge in [0.1, 0.15) is 17.5 Å². The van der Waals surface area contributed by atoms with Crippen LogP contribution in [-0.4, -0.2) is 16.5 Å². The van der Waals surface area contributed by atoms with Crippen molar-refractivity contribution in [2.75, 3.05) is 17.3 Å². The van der Waals surface area contributed by atoms with Gasteiger partial charge in [-0.25, -0.2) is 15.8 Å². The summed E-state index contributed by atoms with van der Waals surface area (Å²) in [5.74, 6) is 8.57. The Balaban J connectivity index is 2.24. The molecule has 18 heavy (non-hydrogen) atoms. The molecule has 0 amide bonds. The highest BCUT2D eigenvalue weighted by Gasteiger charge is 2.28. The highest BCUT2D eigenvalue weighted by Crippen LogP contribution is 2.39. The first-order valence-electron chi connectivity index (χ1n) is 6.50. The van der Waals surface area contributed by atoms with Crippen molar-refractivity contribution in [3.8, 4) is 0 Å². The minimum Gasteiger partial charge on any atom is -0.369 e. The Labute approximate surface area is 109 Å². The van der Waals surface area contributed by atoms with Gasteiger partial charge in [-0.2, -0.15) is 0 Å². The third kappa shape index (κ3) is 3.10. The third-order valence-electron chi connectivity index (χ3n) is 3.03. The Bertz CT molecular complexity index is 432. The molecule has 1 aromatic rings. The molecule has 0 atom stereocenters. The van der Waals surface area contributed by atoms with Crippen LogP contribution in [0.1, 0.15) is 50.9 Å². The molecule has 0 radical (unpaired) electrons. The third-order valence-corrected chi connectivity index (χ3v) is 3.03. The van der Waals surface area contributed by atoms with E-state index in [0.717, 1.165) is 29.6 Å². The number of nitrogen functional groups attached to an aromatic ring is 1. The van der Waals surface area contributed by atoms with Gasteiger partial charge in [-0.05, 0) is 25.2 Å². The maximum Gasteiger partial charge on any atom is 0.148 e. The van der Waals surface area contributed by atoms with Crippen LogP contribution in [0.4, 0.5) is 11.6 Å². The zero-order chi connectivity index (χ0) is 13.3. The normalized spacial score (nSPS) is 15.6. The molecule has 5 nitrogen and oxygen atoms in total. The van der Waals surface area contributed by atoms with Crippen molar-refractivity contribution >= 4 is 11.6 Å². The highest BCUT2D eigenvalue weighted by molar-refractivity contribution is 5.57. The second-order valence-electron chi connectivity index (χ2n) is 6.24. The number of nitrogens with one attached hydrogen (secondary N) is 2. The molecular weight excluding hydrogens is 226 g/mol. The Kier molecular flexibility index (Phi) is 3.43. The molecule has 0 bridgehead atoms. The van der Waals surface area contributed by atoms with Crippen LogP contribution in [0.25, 0.3) is 0 Å². The molecule has 0 spiro atoms. The van der Waals surface area contributed by atoms with Gasteiger partial charge in [0.05, 0.1) is 0 Å². The molecule has 5 heteroatoms. The molecule has 0 aromatic carbocycles. The summed E-state index contributed by atoms with van der Waals surface area (Å²) in [4.78, 5) is 9.10. The lowest BCUT2D eigenvalue weighted by Gasteiger charge is -2.21. The van der Waals surface area contributed by atoms with Crippen LogP contribution >= 0.6 is 0 Å². The quantitative estimate of drug-likeness (QED) is 0.564. The smallest absolute Gasteiger partial charge is 0.148 e. The van der Waals surface area contributed by atoms with Gasteiger partial charge < -0.3 is 10.7 Å². The van der Waals surface area contributed by atoms with E-state index in [1.165, 1.54) is 12.8 Å². The SMILES string of the molecule is Cc1c(NN)nc(C2CC2)nc1NCC(C)(C)C. The van der Waals surface area contributed by atoms with Crippen molar-refractivity contribution < 1.29 is 0 Å². The molecule has 0 aliphatic heterocycles.